The summed E-state index contributed by atoms with van der Waals surface area (Å²) in [4.78, 5) is 24.7. The van der Waals surface area contributed by atoms with E-state index in [0.717, 1.165) is 51.4 Å². The zero-order valence-corrected chi connectivity index (χ0v) is 65.1. The maximum atomic E-state index is 12.6. The minimum Gasteiger partial charge on any atom is -0.466 e. The van der Waals surface area contributed by atoms with Gasteiger partial charge in [-0.25, -0.2) is 0 Å². The molecule has 0 saturated carbocycles. The van der Waals surface area contributed by atoms with Crippen molar-refractivity contribution in [1.82, 2.24) is 5.32 Å². The van der Waals surface area contributed by atoms with Crippen molar-refractivity contribution in [2.45, 2.75) is 501 Å². The third-order valence-electron chi connectivity index (χ3n) is 20.6. The molecule has 566 valence electrons. The van der Waals surface area contributed by atoms with Crippen LogP contribution in [0.1, 0.15) is 489 Å². The normalized spacial score (nSPS) is 12.7. The van der Waals surface area contributed by atoms with Gasteiger partial charge in [-0.1, -0.05) is 435 Å². The van der Waals surface area contributed by atoms with Crippen molar-refractivity contribution in [2.24, 2.45) is 0 Å². The van der Waals surface area contributed by atoms with Crippen molar-refractivity contribution in [3.8, 4) is 0 Å². The molecule has 0 radical (unpaired) electrons. The van der Waals surface area contributed by atoms with E-state index in [0.29, 0.717) is 19.4 Å². The topological polar surface area (TPSA) is 95.9 Å². The lowest BCUT2D eigenvalue weighted by molar-refractivity contribution is -0.143. The van der Waals surface area contributed by atoms with Gasteiger partial charge in [-0.3, -0.25) is 9.59 Å². The molecule has 2 atom stereocenters. The SMILES string of the molecule is CCCCC/C=C\C/C=C\CCCCCCCCCCCC(=O)OCCCCCCCCCCCCCCCCCC/C=C\CCCCCCCCCCCCCCCCCCCC(=O)NC(CO)C(O)/C=C/CCCCCCCCCCCCCCCCCCCCCCC. The smallest absolute Gasteiger partial charge is 0.305 e. The number of hydrogen-bond acceptors (Lipinski definition) is 5. The summed E-state index contributed by atoms with van der Waals surface area (Å²) >= 11 is 0. The molecule has 2 unspecified atom stereocenters. The molecule has 0 aliphatic heterocycles. The molecule has 0 aliphatic rings. The van der Waals surface area contributed by atoms with Crippen LogP contribution in [-0.2, 0) is 14.3 Å². The first-order valence-corrected chi connectivity index (χ1v) is 43.9. The molecule has 0 heterocycles. The summed E-state index contributed by atoms with van der Waals surface area (Å²) in [5.41, 5.74) is 0. The zero-order valence-electron chi connectivity index (χ0n) is 65.1. The minimum absolute atomic E-state index is 0.0182. The first kappa shape index (κ1) is 93.8. The molecular weight excluding hydrogens is 1170 g/mol. The van der Waals surface area contributed by atoms with E-state index in [1.807, 2.05) is 6.08 Å². The van der Waals surface area contributed by atoms with Gasteiger partial charge in [0.05, 0.1) is 25.4 Å². The summed E-state index contributed by atoms with van der Waals surface area (Å²) in [6.07, 6.45) is 114. The van der Waals surface area contributed by atoms with E-state index in [1.54, 1.807) is 6.08 Å². The number of aliphatic hydroxyl groups is 2. The number of esters is 1. The standard InChI is InChI=1S/C90H171NO5/c1-3-5-7-9-11-13-15-17-19-21-23-24-40-43-47-50-54-58-62-66-70-74-78-82-88(93)87(86-92)91-89(94)83-79-75-71-67-63-59-55-51-48-44-41-38-36-34-32-30-28-26-25-27-29-31-33-35-37-39-42-45-49-53-57-61-65-69-73-77-81-85-96-90(95)84-80-76-72-68-64-60-56-52-46-22-20-18-16-14-12-10-8-6-4-2/h12,14,18,20,25,27,78,82,87-88,92-93H,3-11,13,15-17,19,21-24,26,28-77,79-81,83-86H2,1-2H3,(H,91,94)/b14-12-,20-18-,27-25-,82-78+. The maximum Gasteiger partial charge on any atom is 0.305 e. The summed E-state index contributed by atoms with van der Waals surface area (Å²) in [6, 6.07) is -0.627. The van der Waals surface area contributed by atoms with E-state index >= 15 is 0 Å². The highest BCUT2D eigenvalue weighted by Gasteiger charge is 2.18. The van der Waals surface area contributed by atoms with Crippen molar-refractivity contribution < 1.29 is 24.5 Å². The Kier molecular flexibility index (Phi) is 83.3. The number of hydrogen-bond donors (Lipinski definition) is 3. The lowest BCUT2D eigenvalue weighted by Crippen LogP contribution is -2.45. The predicted molar refractivity (Wildman–Crippen MR) is 426 cm³/mol. The largest absolute Gasteiger partial charge is 0.466 e. The van der Waals surface area contributed by atoms with Crippen molar-refractivity contribution in [3.05, 3.63) is 48.6 Å². The predicted octanol–water partition coefficient (Wildman–Crippen LogP) is 29.5. The molecule has 6 heteroatoms. The first-order valence-electron chi connectivity index (χ1n) is 43.9. The number of carbonyl (C=O) groups excluding carboxylic acids is 2. The van der Waals surface area contributed by atoms with Crippen LogP contribution in [0.5, 0.6) is 0 Å². The number of allylic oxidation sites excluding steroid dienone is 7. The van der Waals surface area contributed by atoms with E-state index in [9.17, 15) is 19.8 Å². The highest BCUT2D eigenvalue weighted by atomic mass is 16.5. The van der Waals surface area contributed by atoms with Crippen LogP contribution in [0, 0.1) is 0 Å². The molecule has 0 bridgehead atoms. The molecule has 6 nitrogen and oxygen atoms in total. The Morgan fingerprint density at radius 2 is 0.521 bits per heavy atom. The van der Waals surface area contributed by atoms with Gasteiger partial charge in [0.2, 0.25) is 5.91 Å². The summed E-state index contributed by atoms with van der Waals surface area (Å²) in [5, 5.41) is 23.3. The van der Waals surface area contributed by atoms with Crippen LogP contribution in [0.15, 0.2) is 48.6 Å². The fourth-order valence-electron chi connectivity index (χ4n) is 13.9. The Balaban J connectivity index is 3.35. The van der Waals surface area contributed by atoms with E-state index in [1.165, 1.54) is 411 Å². The van der Waals surface area contributed by atoms with Crippen LogP contribution in [0.4, 0.5) is 0 Å². The summed E-state index contributed by atoms with van der Waals surface area (Å²) in [7, 11) is 0. The van der Waals surface area contributed by atoms with Gasteiger partial charge < -0.3 is 20.3 Å². The van der Waals surface area contributed by atoms with Gasteiger partial charge in [0.25, 0.3) is 0 Å². The van der Waals surface area contributed by atoms with Gasteiger partial charge in [0, 0.05) is 12.8 Å². The lowest BCUT2D eigenvalue weighted by Gasteiger charge is -2.20. The highest BCUT2D eigenvalue weighted by Crippen LogP contribution is 2.20. The quantitative estimate of drug-likeness (QED) is 0.0320. The number of amides is 1. The van der Waals surface area contributed by atoms with Crippen LogP contribution in [0.2, 0.25) is 0 Å². The molecule has 0 aromatic rings. The summed E-state index contributed by atoms with van der Waals surface area (Å²) in [6.45, 7) is 4.93. The second kappa shape index (κ2) is 85.2. The summed E-state index contributed by atoms with van der Waals surface area (Å²) in [5.74, 6) is -0.0406. The fourth-order valence-corrected chi connectivity index (χ4v) is 13.9. The summed E-state index contributed by atoms with van der Waals surface area (Å²) < 4.78 is 5.52. The number of ether oxygens (including phenoxy) is 1. The van der Waals surface area contributed by atoms with Gasteiger partial charge in [-0.05, 0) is 89.9 Å². The molecule has 0 fully saturated rings. The van der Waals surface area contributed by atoms with E-state index < -0.39 is 12.1 Å². The minimum atomic E-state index is -0.844. The van der Waals surface area contributed by atoms with E-state index in [2.05, 4.69) is 55.6 Å². The number of carbonyl (C=O) groups is 2. The number of unbranched alkanes of at least 4 members (excludes halogenated alkanes) is 66. The highest BCUT2D eigenvalue weighted by molar-refractivity contribution is 5.76. The lowest BCUT2D eigenvalue weighted by atomic mass is 10.0. The maximum absolute atomic E-state index is 12.6. The van der Waals surface area contributed by atoms with Crippen molar-refractivity contribution in [1.29, 1.82) is 0 Å². The third kappa shape index (κ3) is 80.8. The van der Waals surface area contributed by atoms with Crippen LogP contribution in [-0.4, -0.2) is 47.4 Å². The van der Waals surface area contributed by atoms with E-state index in [4.69, 9.17) is 4.74 Å². The fraction of sp³-hybridized carbons (Fsp3) is 0.889. The molecule has 0 spiro atoms. The van der Waals surface area contributed by atoms with E-state index in [-0.39, 0.29) is 18.5 Å². The second-order valence-electron chi connectivity index (χ2n) is 30.2. The van der Waals surface area contributed by atoms with Crippen molar-refractivity contribution >= 4 is 11.9 Å². The zero-order chi connectivity index (χ0) is 69.1. The Labute approximate surface area is 601 Å². The molecule has 0 aliphatic carbocycles. The molecule has 1 amide bonds. The van der Waals surface area contributed by atoms with Gasteiger partial charge in [0.1, 0.15) is 0 Å². The average Bonchev–Trinajstić information content (AvgIpc) is 3.69. The Morgan fingerprint density at radius 1 is 0.292 bits per heavy atom. The van der Waals surface area contributed by atoms with Gasteiger partial charge in [0.15, 0.2) is 0 Å². The second-order valence-corrected chi connectivity index (χ2v) is 30.2. The number of aliphatic hydroxyl groups excluding tert-OH is 2. The number of rotatable bonds is 83. The molecule has 0 saturated heterocycles. The Morgan fingerprint density at radius 3 is 0.823 bits per heavy atom. The van der Waals surface area contributed by atoms with Crippen LogP contribution in [0.3, 0.4) is 0 Å². The molecule has 96 heavy (non-hydrogen) atoms. The monoisotopic (exact) mass is 1350 g/mol. The first-order chi connectivity index (χ1) is 47.5. The van der Waals surface area contributed by atoms with Crippen LogP contribution < -0.4 is 5.32 Å². The Hall–Kier alpha value is -2.18. The number of nitrogens with one attached hydrogen (secondary N) is 1. The average molecular weight is 1350 g/mol. The Bertz CT molecular complexity index is 1600. The third-order valence-corrected chi connectivity index (χ3v) is 20.6. The molecule has 0 aromatic carbocycles. The van der Waals surface area contributed by atoms with Gasteiger partial charge >= 0.3 is 5.97 Å². The molecule has 0 aromatic heterocycles. The van der Waals surface area contributed by atoms with Crippen molar-refractivity contribution in [2.75, 3.05) is 13.2 Å². The van der Waals surface area contributed by atoms with Gasteiger partial charge in [-0.15, -0.1) is 0 Å². The molecular formula is C90H171NO5. The molecule has 0 rings (SSSR count). The van der Waals surface area contributed by atoms with Crippen LogP contribution in [0.25, 0.3) is 0 Å². The van der Waals surface area contributed by atoms with Gasteiger partial charge in [-0.2, -0.15) is 0 Å². The van der Waals surface area contributed by atoms with Crippen molar-refractivity contribution in [3.63, 3.8) is 0 Å². The van der Waals surface area contributed by atoms with Crippen LogP contribution >= 0.6 is 0 Å². The molecule has 3 N–H and O–H groups in total.